The van der Waals surface area contributed by atoms with Gasteiger partial charge in [0, 0.05) is 40.8 Å². The van der Waals surface area contributed by atoms with E-state index in [2.05, 4.69) is 41.0 Å². The van der Waals surface area contributed by atoms with Crippen molar-refractivity contribution in [1.82, 2.24) is 14.3 Å². The summed E-state index contributed by atoms with van der Waals surface area (Å²) in [6.07, 6.45) is 4.61. The van der Waals surface area contributed by atoms with Crippen molar-refractivity contribution in [2.45, 2.75) is 6.42 Å². The van der Waals surface area contributed by atoms with Crippen LogP contribution in [0.25, 0.3) is 27.9 Å². The van der Waals surface area contributed by atoms with E-state index in [1.54, 1.807) is 12.4 Å². The Labute approximate surface area is 208 Å². The van der Waals surface area contributed by atoms with Crippen LogP contribution in [0, 0.1) is 11.8 Å². The summed E-state index contributed by atoms with van der Waals surface area (Å²) in [5, 5.41) is 14.2. The molecule has 0 unspecified atom stereocenters. The maximum atomic E-state index is 9.61. The van der Waals surface area contributed by atoms with Gasteiger partial charge in [-0.25, -0.2) is 4.98 Å². The molecule has 5 aromatic rings. The van der Waals surface area contributed by atoms with Crippen molar-refractivity contribution in [3.05, 3.63) is 95.7 Å². The van der Waals surface area contributed by atoms with Gasteiger partial charge in [0.15, 0.2) is 5.76 Å². The molecule has 0 saturated carbocycles. The molecular formula is C29H26N4O3. The van der Waals surface area contributed by atoms with Gasteiger partial charge in [-0.05, 0) is 75.1 Å². The lowest BCUT2D eigenvalue weighted by atomic mass is 10.1. The molecule has 0 spiro atoms. The molecule has 0 saturated heterocycles. The van der Waals surface area contributed by atoms with Gasteiger partial charge in [0.25, 0.3) is 0 Å². The summed E-state index contributed by atoms with van der Waals surface area (Å²) in [7, 11) is 4.10. The first kappa shape index (κ1) is 23.2. The minimum absolute atomic E-state index is 0.405. The lowest BCUT2D eigenvalue weighted by molar-refractivity contribution is 0.281. The predicted octanol–water partition coefficient (Wildman–Crippen LogP) is 4.77. The van der Waals surface area contributed by atoms with Crippen molar-refractivity contribution < 1.29 is 14.4 Å². The van der Waals surface area contributed by atoms with Crippen LogP contribution in [0.4, 0.5) is 0 Å². The van der Waals surface area contributed by atoms with Crippen molar-refractivity contribution in [3.8, 4) is 29.0 Å². The molecule has 3 heterocycles. The number of rotatable bonds is 6. The second-order valence-corrected chi connectivity index (χ2v) is 8.70. The highest BCUT2D eigenvalue weighted by atomic mass is 16.5. The molecule has 7 nitrogen and oxygen atoms in total. The molecule has 0 radical (unpaired) electrons. The van der Waals surface area contributed by atoms with Crippen LogP contribution in [0.2, 0.25) is 0 Å². The minimum atomic E-state index is 0.405. The van der Waals surface area contributed by atoms with E-state index in [1.165, 1.54) is 0 Å². The molecule has 3 aromatic heterocycles. The average Bonchev–Trinajstić information content (AvgIpc) is 3.37. The minimum Gasteiger partial charge on any atom is -0.494 e. The van der Waals surface area contributed by atoms with Gasteiger partial charge in [-0.1, -0.05) is 23.1 Å². The first-order valence-corrected chi connectivity index (χ1v) is 11.7. The molecule has 0 bridgehead atoms. The zero-order valence-electron chi connectivity index (χ0n) is 20.2. The lowest BCUT2D eigenvalue weighted by Gasteiger charge is -2.10. The molecule has 0 aliphatic rings. The average molecular weight is 479 g/mol. The van der Waals surface area contributed by atoms with Crippen LogP contribution in [-0.2, 0) is 0 Å². The molecule has 36 heavy (non-hydrogen) atoms. The van der Waals surface area contributed by atoms with Gasteiger partial charge in [0.2, 0.25) is 0 Å². The highest BCUT2D eigenvalue weighted by Gasteiger charge is 2.09. The topological polar surface area (TPSA) is 75.5 Å². The lowest BCUT2D eigenvalue weighted by Crippen LogP contribution is -2.15. The van der Waals surface area contributed by atoms with Crippen LogP contribution >= 0.6 is 0 Å². The molecule has 5 rings (SSSR count). The standard InChI is InChI=1S/C29H26N4O3/c1-32(2)13-5-15-35-24-8-3-6-21(16-24)9-10-22-11-12-25-26(31-34)19-29(36-28(25)17-22)27-18-23-7-4-14-33(23)20-30-27/h3-4,6-8,11-12,14,16-20,34H,5,13,15H2,1-2H3/b31-26+. The highest BCUT2D eigenvalue weighted by molar-refractivity contribution is 5.80. The van der Waals surface area contributed by atoms with Gasteiger partial charge in [0.1, 0.15) is 22.4 Å². The molecule has 0 aliphatic carbocycles. The summed E-state index contributed by atoms with van der Waals surface area (Å²) >= 11 is 0. The SMILES string of the molecule is CN(C)CCCOc1cccc(C#Cc2ccc3/c(=N/O)cc(-c4cc5cccn5cn4)oc3c2)c1. The molecule has 0 amide bonds. The van der Waals surface area contributed by atoms with Gasteiger partial charge in [-0.3, -0.25) is 0 Å². The molecule has 1 N–H and O–H groups in total. The molecule has 0 fully saturated rings. The molecular weight excluding hydrogens is 452 g/mol. The Kier molecular flexibility index (Phi) is 6.69. The first-order valence-electron chi connectivity index (χ1n) is 11.7. The zero-order chi connectivity index (χ0) is 24.9. The second-order valence-electron chi connectivity index (χ2n) is 8.70. The van der Waals surface area contributed by atoms with Gasteiger partial charge in [-0.15, -0.1) is 0 Å². The third-order valence-electron chi connectivity index (χ3n) is 5.73. The number of fused-ring (bicyclic) bond motifs is 2. The molecule has 2 aromatic carbocycles. The van der Waals surface area contributed by atoms with E-state index in [0.717, 1.165) is 35.4 Å². The van der Waals surface area contributed by atoms with Crippen LogP contribution in [0.3, 0.4) is 0 Å². The largest absolute Gasteiger partial charge is 0.494 e. The second kappa shape index (κ2) is 10.4. The van der Waals surface area contributed by atoms with Gasteiger partial charge >= 0.3 is 0 Å². The van der Waals surface area contributed by atoms with E-state index in [0.29, 0.717) is 34.4 Å². The third-order valence-corrected chi connectivity index (χ3v) is 5.73. The number of hydrogen-bond donors (Lipinski definition) is 1. The summed E-state index contributed by atoms with van der Waals surface area (Å²) in [6.45, 7) is 1.64. The van der Waals surface area contributed by atoms with E-state index in [-0.39, 0.29) is 0 Å². The fraction of sp³-hybridized carbons (Fsp3) is 0.172. The van der Waals surface area contributed by atoms with Crippen molar-refractivity contribution in [2.75, 3.05) is 27.2 Å². The number of nitrogens with zero attached hydrogens (tertiary/aromatic N) is 4. The third kappa shape index (κ3) is 5.24. The molecule has 0 atom stereocenters. The number of ether oxygens (including phenoxy) is 1. The summed E-state index contributed by atoms with van der Waals surface area (Å²) in [6, 6.07) is 20.9. The van der Waals surface area contributed by atoms with Crippen LogP contribution < -0.4 is 10.1 Å². The molecule has 7 heteroatoms. The fourth-order valence-corrected chi connectivity index (χ4v) is 3.90. The normalized spacial score (nSPS) is 11.7. The smallest absolute Gasteiger partial charge is 0.155 e. The van der Waals surface area contributed by atoms with Crippen LogP contribution in [0.15, 0.2) is 88.8 Å². The van der Waals surface area contributed by atoms with E-state index >= 15 is 0 Å². The van der Waals surface area contributed by atoms with Crippen LogP contribution in [-0.4, -0.2) is 46.7 Å². The first-order chi connectivity index (χ1) is 17.6. The number of aromatic nitrogens is 2. The maximum absolute atomic E-state index is 9.61. The van der Waals surface area contributed by atoms with E-state index in [1.807, 2.05) is 71.3 Å². The monoisotopic (exact) mass is 478 g/mol. The van der Waals surface area contributed by atoms with Gasteiger partial charge in [-0.2, -0.15) is 0 Å². The molecule has 0 aliphatic heterocycles. The Bertz CT molecular complexity index is 1650. The van der Waals surface area contributed by atoms with Crippen molar-refractivity contribution in [2.24, 2.45) is 5.16 Å². The Morgan fingerprint density at radius 3 is 2.72 bits per heavy atom. The Balaban J connectivity index is 1.42. The van der Waals surface area contributed by atoms with Crippen molar-refractivity contribution in [3.63, 3.8) is 0 Å². The Hall–Kier alpha value is -4.54. The number of hydrogen-bond acceptors (Lipinski definition) is 6. The van der Waals surface area contributed by atoms with Crippen molar-refractivity contribution in [1.29, 1.82) is 0 Å². The summed E-state index contributed by atoms with van der Waals surface area (Å²) < 4.78 is 13.9. The Morgan fingerprint density at radius 1 is 1.03 bits per heavy atom. The summed E-state index contributed by atoms with van der Waals surface area (Å²) in [4.78, 5) is 6.62. The van der Waals surface area contributed by atoms with E-state index < -0.39 is 0 Å². The van der Waals surface area contributed by atoms with Crippen LogP contribution in [0.1, 0.15) is 17.5 Å². The maximum Gasteiger partial charge on any atom is 0.155 e. The predicted molar refractivity (Wildman–Crippen MR) is 139 cm³/mol. The van der Waals surface area contributed by atoms with Gasteiger partial charge in [0.05, 0.1) is 12.9 Å². The summed E-state index contributed by atoms with van der Waals surface area (Å²) in [5.41, 5.74) is 3.83. The van der Waals surface area contributed by atoms with Gasteiger partial charge < -0.3 is 23.7 Å². The van der Waals surface area contributed by atoms with Crippen molar-refractivity contribution >= 4 is 16.5 Å². The molecule has 180 valence electrons. The van der Waals surface area contributed by atoms with E-state index in [9.17, 15) is 5.21 Å². The Morgan fingerprint density at radius 2 is 1.89 bits per heavy atom. The zero-order valence-corrected chi connectivity index (χ0v) is 20.2. The summed E-state index contributed by atoms with van der Waals surface area (Å²) in [5.74, 6) is 7.70. The van der Waals surface area contributed by atoms with E-state index in [4.69, 9.17) is 9.15 Å². The highest BCUT2D eigenvalue weighted by Crippen LogP contribution is 2.23. The van der Waals surface area contributed by atoms with Crippen LogP contribution in [0.5, 0.6) is 5.75 Å². The fourth-order valence-electron chi connectivity index (χ4n) is 3.90. The quantitative estimate of drug-likeness (QED) is 0.165. The number of benzene rings is 2.